The number of hydrogen-bond acceptors (Lipinski definition) is 5. The van der Waals surface area contributed by atoms with E-state index in [2.05, 4.69) is 5.32 Å². The predicted octanol–water partition coefficient (Wildman–Crippen LogP) is 6.04. The molecule has 220 valence electrons. The van der Waals surface area contributed by atoms with Gasteiger partial charge in [0, 0.05) is 28.2 Å². The van der Waals surface area contributed by atoms with Gasteiger partial charge >= 0.3 is 0 Å². The van der Waals surface area contributed by atoms with Gasteiger partial charge in [-0.1, -0.05) is 60.8 Å². The second kappa shape index (κ2) is 14.3. The number of nitrogens with one attached hydrogen (secondary N) is 1. The first kappa shape index (κ1) is 32.5. The second-order valence-electron chi connectivity index (χ2n) is 9.74. The zero-order chi connectivity index (χ0) is 30.3. The first-order chi connectivity index (χ1) is 19.3. The van der Waals surface area contributed by atoms with Crippen LogP contribution < -0.4 is 14.4 Å². The molecule has 0 saturated heterocycles. The quantitative estimate of drug-likeness (QED) is 0.261. The fourth-order valence-electron chi connectivity index (χ4n) is 3.90. The molecule has 8 nitrogen and oxygen atoms in total. The molecule has 2 amide bonds. The highest BCUT2D eigenvalue weighted by atomic mass is 35.5. The molecular weight excluding hydrogens is 609 g/mol. The molecule has 0 unspecified atom stereocenters. The maximum atomic E-state index is 14.0. The smallest absolute Gasteiger partial charge is 0.264 e. The summed E-state index contributed by atoms with van der Waals surface area (Å²) >= 11 is 18.7. The molecule has 0 heterocycles. The number of nitrogens with zero attached hydrogens (tertiary/aromatic N) is 2. The largest absolute Gasteiger partial charge is 0.497 e. The molecule has 0 fully saturated rings. The minimum atomic E-state index is -4.25. The van der Waals surface area contributed by atoms with E-state index in [1.165, 1.54) is 48.4 Å². The van der Waals surface area contributed by atoms with Gasteiger partial charge in [-0.05, 0) is 73.0 Å². The van der Waals surface area contributed by atoms with Gasteiger partial charge in [-0.3, -0.25) is 13.9 Å². The van der Waals surface area contributed by atoms with Crippen LogP contribution in [0.15, 0.2) is 71.6 Å². The molecule has 1 N–H and O–H groups in total. The third kappa shape index (κ3) is 8.52. The molecule has 1 atom stereocenters. The Bertz CT molecular complexity index is 1480. The van der Waals surface area contributed by atoms with Crippen LogP contribution in [-0.2, 0) is 26.2 Å². The van der Waals surface area contributed by atoms with Gasteiger partial charge in [0.05, 0.1) is 17.7 Å². The molecule has 0 aliphatic carbocycles. The van der Waals surface area contributed by atoms with E-state index in [1.807, 2.05) is 13.8 Å². The van der Waals surface area contributed by atoms with Crippen LogP contribution in [0.3, 0.4) is 0 Å². The number of benzene rings is 3. The van der Waals surface area contributed by atoms with Gasteiger partial charge in [0.25, 0.3) is 10.0 Å². The summed E-state index contributed by atoms with van der Waals surface area (Å²) in [5, 5.41) is 3.85. The van der Waals surface area contributed by atoms with Crippen molar-refractivity contribution >= 4 is 62.3 Å². The van der Waals surface area contributed by atoms with Crippen molar-refractivity contribution in [3.8, 4) is 5.75 Å². The van der Waals surface area contributed by atoms with E-state index >= 15 is 0 Å². The van der Waals surface area contributed by atoms with Gasteiger partial charge in [0.1, 0.15) is 18.3 Å². The van der Waals surface area contributed by atoms with Crippen LogP contribution in [0.1, 0.15) is 26.3 Å². The second-order valence-corrected chi connectivity index (χ2v) is 12.9. The lowest BCUT2D eigenvalue weighted by atomic mass is 10.1. The Morgan fingerprint density at radius 1 is 0.927 bits per heavy atom. The molecule has 0 bridgehead atoms. The summed E-state index contributed by atoms with van der Waals surface area (Å²) in [5.74, 6) is -0.347. The predicted molar refractivity (Wildman–Crippen MR) is 163 cm³/mol. The lowest BCUT2D eigenvalue weighted by Gasteiger charge is -2.32. The van der Waals surface area contributed by atoms with E-state index < -0.39 is 28.5 Å². The summed E-state index contributed by atoms with van der Waals surface area (Å²) in [6.45, 7) is 5.23. The Hall–Kier alpha value is -2.98. The van der Waals surface area contributed by atoms with Crippen LogP contribution >= 0.6 is 34.8 Å². The zero-order valence-electron chi connectivity index (χ0n) is 23.1. The van der Waals surface area contributed by atoms with Crippen LogP contribution in [0.4, 0.5) is 5.69 Å². The van der Waals surface area contributed by atoms with Gasteiger partial charge in [-0.15, -0.1) is 0 Å². The van der Waals surface area contributed by atoms with Gasteiger partial charge in [0.15, 0.2) is 0 Å². The maximum absolute atomic E-state index is 14.0. The molecule has 3 aromatic rings. The number of carbonyl (C=O) groups is 2. The molecule has 3 aromatic carbocycles. The van der Waals surface area contributed by atoms with E-state index in [4.69, 9.17) is 39.5 Å². The average molecular weight is 641 g/mol. The molecule has 12 heteroatoms. The van der Waals surface area contributed by atoms with Gasteiger partial charge in [-0.25, -0.2) is 8.42 Å². The highest BCUT2D eigenvalue weighted by molar-refractivity contribution is 7.92. The zero-order valence-corrected chi connectivity index (χ0v) is 26.2. The van der Waals surface area contributed by atoms with Crippen molar-refractivity contribution in [2.45, 2.75) is 38.3 Å². The topological polar surface area (TPSA) is 96.0 Å². The van der Waals surface area contributed by atoms with Crippen molar-refractivity contribution in [2.75, 3.05) is 24.5 Å². The van der Waals surface area contributed by atoms with Gasteiger partial charge in [0.2, 0.25) is 11.8 Å². The van der Waals surface area contributed by atoms with E-state index in [1.54, 1.807) is 37.3 Å². The minimum Gasteiger partial charge on any atom is -0.497 e. The summed E-state index contributed by atoms with van der Waals surface area (Å²) in [6, 6.07) is 15.9. The number of methoxy groups -OCH3 is 1. The van der Waals surface area contributed by atoms with E-state index in [9.17, 15) is 18.0 Å². The van der Waals surface area contributed by atoms with Crippen molar-refractivity contribution < 1.29 is 22.7 Å². The van der Waals surface area contributed by atoms with Crippen LogP contribution in [0.25, 0.3) is 0 Å². The van der Waals surface area contributed by atoms with Crippen molar-refractivity contribution in [2.24, 2.45) is 5.92 Å². The number of rotatable bonds is 12. The van der Waals surface area contributed by atoms with Crippen molar-refractivity contribution in [1.29, 1.82) is 0 Å². The minimum absolute atomic E-state index is 0.0545. The maximum Gasteiger partial charge on any atom is 0.264 e. The lowest BCUT2D eigenvalue weighted by Crippen LogP contribution is -2.51. The Morgan fingerprint density at radius 2 is 1.59 bits per heavy atom. The van der Waals surface area contributed by atoms with E-state index in [0.717, 1.165) is 4.31 Å². The molecule has 0 aromatic heterocycles. The standard InChI is InChI=1S/C29H32Cl3N3O5S/c1-19(2)16-33-29(37)20(3)34(17-21-8-9-23(31)15-27(21)32)28(36)18-35(24-7-5-6-22(30)14-24)41(38,39)26-12-10-25(40-4)11-13-26/h5-15,19-20H,16-18H2,1-4H3,(H,33,37)/t20-/m0/s1. The summed E-state index contributed by atoms with van der Waals surface area (Å²) in [5.41, 5.74) is 0.725. The fourth-order valence-corrected chi connectivity index (χ4v) is 5.96. The van der Waals surface area contributed by atoms with Crippen LogP contribution in [0, 0.1) is 5.92 Å². The summed E-state index contributed by atoms with van der Waals surface area (Å²) in [4.78, 5) is 28.3. The van der Waals surface area contributed by atoms with Crippen molar-refractivity contribution in [3.63, 3.8) is 0 Å². The molecule has 0 aliphatic heterocycles. The SMILES string of the molecule is COc1ccc(S(=O)(=O)N(CC(=O)N(Cc2ccc(Cl)cc2Cl)[C@@H](C)C(=O)NCC(C)C)c2cccc(Cl)c2)cc1. The molecule has 0 radical (unpaired) electrons. The number of ether oxygens (including phenoxy) is 1. The fraction of sp³-hybridized carbons (Fsp3) is 0.310. The van der Waals surface area contributed by atoms with Crippen molar-refractivity contribution in [3.05, 3.63) is 87.4 Å². The Morgan fingerprint density at radius 3 is 2.17 bits per heavy atom. The van der Waals surface area contributed by atoms with E-state index in [-0.39, 0.29) is 34.0 Å². The van der Waals surface area contributed by atoms with Gasteiger partial charge < -0.3 is 15.0 Å². The Balaban J connectivity index is 2.04. The molecular formula is C29H32Cl3N3O5S. The first-order valence-corrected chi connectivity index (χ1v) is 15.3. The highest BCUT2D eigenvalue weighted by Gasteiger charge is 2.33. The number of anilines is 1. The summed E-state index contributed by atoms with van der Waals surface area (Å²) < 4.78 is 33.9. The monoisotopic (exact) mass is 639 g/mol. The van der Waals surface area contributed by atoms with E-state index in [0.29, 0.717) is 27.9 Å². The Labute approximate surface area is 256 Å². The normalized spacial score (nSPS) is 12.1. The number of halogens is 3. The molecule has 0 saturated carbocycles. The lowest BCUT2D eigenvalue weighted by molar-refractivity contribution is -0.139. The number of amides is 2. The number of carbonyl (C=O) groups excluding carboxylic acids is 2. The number of sulfonamides is 1. The Kier molecular flexibility index (Phi) is 11.3. The molecule has 0 spiro atoms. The van der Waals surface area contributed by atoms with Crippen LogP contribution in [0.2, 0.25) is 15.1 Å². The van der Waals surface area contributed by atoms with Gasteiger partial charge in [-0.2, -0.15) is 0 Å². The molecule has 0 aliphatic rings. The summed E-state index contributed by atoms with van der Waals surface area (Å²) in [6.07, 6.45) is 0. The van der Waals surface area contributed by atoms with Crippen LogP contribution in [0.5, 0.6) is 5.75 Å². The number of hydrogen-bond donors (Lipinski definition) is 1. The average Bonchev–Trinajstić information content (AvgIpc) is 2.93. The third-order valence-corrected chi connectivity index (χ3v) is 8.84. The highest BCUT2D eigenvalue weighted by Crippen LogP contribution is 2.28. The van der Waals surface area contributed by atoms with Crippen LogP contribution in [-0.4, -0.2) is 51.4 Å². The summed E-state index contributed by atoms with van der Waals surface area (Å²) in [7, 11) is -2.78. The molecule has 41 heavy (non-hydrogen) atoms. The molecule has 3 rings (SSSR count). The third-order valence-electron chi connectivity index (χ3n) is 6.23. The van der Waals surface area contributed by atoms with Crippen molar-refractivity contribution in [1.82, 2.24) is 10.2 Å². The first-order valence-electron chi connectivity index (χ1n) is 12.8.